The van der Waals surface area contributed by atoms with Crippen LogP contribution in [0.1, 0.15) is 26.2 Å². The largest absolute Gasteiger partial charge is 0.477 e. The number of carboxylic acid groups (broad SMARTS) is 1. The first kappa shape index (κ1) is 15.9. The van der Waals surface area contributed by atoms with Gasteiger partial charge < -0.3 is 15.3 Å². The van der Waals surface area contributed by atoms with E-state index in [1.165, 1.54) is 4.90 Å². The molecule has 0 aromatic heterocycles. The third-order valence-corrected chi connectivity index (χ3v) is 6.87. The maximum atomic E-state index is 11.8. The van der Waals surface area contributed by atoms with Crippen LogP contribution in [0, 0.1) is 5.92 Å². The maximum absolute atomic E-state index is 11.8. The van der Waals surface area contributed by atoms with Crippen LogP contribution < -0.4 is 16.2 Å². The molecule has 5 atom stereocenters. The van der Waals surface area contributed by atoms with Crippen LogP contribution in [0.2, 0.25) is 0 Å². The third-order valence-electron chi connectivity index (χ3n) is 5.36. The highest BCUT2D eigenvalue weighted by Crippen LogP contribution is 2.48. The van der Waals surface area contributed by atoms with Crippen molar-refractivity contribution < 1.29 is 19.5 Å². The number of fused-ring (bicyclic) bond motifs is 1. The molecule has 0 aliphatic carbocycles. The number of nitrogens with zero attached hydrogens (tertiary/aromatic N) is 1. The van der Waals surface area contributed by atoms with Gasteiger partial charge >= 0.3 is 5.97 Å². The van der Waals surface area contributed by atoms with Gasteiger partial charge in [0.15, 0.2) is 0 Å². The van der Waals surface area contributed by atoms with Crippen LogP contribution in [0.3, 0.4) is 0 Å². The lowest BCUT2D eigenvalue weighted by Crippen LogP contribution is -2.51. The standard InChI is InChI=1S/C15H20N4O4S/c1-6-10-4-12(21)19(10)13(15(22)23)14(6)24-7-2-8(16-5-7)9-3-11(20)18-17-9/h6-10,16-17H,2-5H2,1H3,(H,18,20)(H,22,23). The monoisotopic (exact) mass is 352 g/mol. The van der Waals surface area contributed by atoms with Crippen molar-refractivity contribution in [1.29, 1.82) is 0 Å². The minimum atomic E-state index is -1.02. The van der Waals surface area contributed by atoms with Crippen LogP contribution in [0.25, 0.3) is 0 Å². The molecular formula is C15H20N4O4S. The van der Waals surface area contributed by atoms with Gasteiger partial charge in [-0.3, -0.25) is 15.0 Å². The Balaban J connectivity index is 1.46. The molecule has 4 heterocycles. The van der Waals surface area contributed by atoms with Gasteiger partial charge in [0.2, 0.25) is 11.8 Å². The van der Waals surface area contributed by atoms with Crippen LogP contribution in [-0.2, 0) is 14.4 Å². The minimum Gasteiger partial charge on any atom is -0.477 e. The van der Waals surface area contributed by atoms with E-state index in [0.717, 1.165) is 17.9 Å². The number of hydrogen-bond donors (Lipinski definition) is 4. The molecule has 5 unspecified atom stereocenters. The average Bonchev–Trinajstić information content (AvgIpc) is 3.19. The van der Waals surface area contributed by atoms with Gasteiger partial charge in [-0.2, -0.15) is 0 Å². The predicted octanol–water partition coefficient (Wildman–Crippen LogP) is -0.610. The molecule has 4 aliphatic rings. The van der Waals surface area contributed by atoms with E-state index in [4.69, 9.17) is 0 Å². The quantitative estimate of drug-likeness (QED) is 0.500. The molecule has 4 N–H and O–H groups in total. The lowest BCUT2D eigenvalue weighted by atomic mass is 9.94. The Morgan fingerprint density at radius 1 is 1.29 bits per heavy atom. The number of aliphatic carboxylic acids is 1. The van der Waals surface area contributed by atoms with Crippen molar-refractivity contribution >= 4 is 29.5 Å². The Kier molecular flexibility index (Phi) is 3.81. The molecule has 3 fully saturated rings. The van der Waals surface area contributed by atoms with E-state index >= 15 is 0 Å². The van der Waals surface area contributed by atoms with Crippen LogP contribution in [0.5, 0.6) is 0 Å². The first-order valence-electron chi connectivity index (χ1n) is 8.19. The number of hydrogen-bond acceptors (Lipinski definition) is 6. The fourth-order valence-electron chi connectivity index (χ4n) is 4.04. The zero-order chi connectivity index (χ0) is 17.0. The number of rotatable bonds is 4. The first-order chi connectivity index (χ1) is 11.5. The Labute approximate surface area is 143 Å². The van der Waals surface area contributed by atoms with Crippen molar-refractivity contribution in [3.05, 3.63) is 10.6 Å². The predicted molar refractivity (Wildman–Crippen MR) is 86.5 cm³/mol. The normalized spacial score (nSPS) is 38.4. The number of carboxylic acids is 1. The highest BCUT2D eigenvalue weighted by atomic mass is 32.2. The third kappa shape index (κ3) is 2.42. The fourth-order valence-corrected chi connectivity index (χ4v) is 5.55. The van der Waals surface area contributed by atoms with Crippen LogP contribution in [0.15, 0.2) is 10.6 Å². The summed E-state index contributed by atoms with van der Waals surface area (Å²) in [6.07, 6.45) is 1.76. The molecule has 4 rings (SSSR count). The highest BCUT2D eigenvalue weighted by molar-refractivity contribution is 8.03. The molecule has 4 aliphatic heterocycles. The SMILES string of the molecule is CC1C(SC2CNC(C3CC(=O)NN3)C2)=C(C(=O)O)N2C(=O)CC12. The molecular weight excluding hydrogens is 332 g/mol. The van der Waals surface area contributed by atoms with E-state index < -0.39 is 5.97 Å². The lowest BCUT2D eigenvalue weighted by Gasteiger charge is -2.37. The number of nitrogens with one attached hydrogen (secondary N) is 3. The van der Waals surface area contributed by atoms with Crippen LogP contribution in [-0.4, -0.2) is 57.7 Å². The van der Waals surface area contributed by atoms with Gasteiger partial charge in [0.05, 0.1) is 12.1 Å². The van der Waals surface area contributed by atoms with Crippen molar-refractivity contribution in [2.24, 2.45) is 5.92 Å². The summed E-state index contributed by atoms with van der Waals surface area (Å²) in [6.45, 7) is 2.77. The molecule has 0 saturated carbocycles. The second-order valence-corrected chi connectivity index (χ2v) is 8.18. The van der Waals surface area contributed by atoms with Crippen LogP contribution in [0.4, 0.5) is 0 Å². The van der Waals surface area contributed by atoms with E-state index in [1.54, 1.807) is 11.8 Å². The summed E-state index contributed by atoms with van der Waals surface area (Å²) in [5, 5.41) is 13.2. The molecule has 9 heteroatoms. The molecule has 0 radical (unpaired) electrons. The number of carbonyl (C=O) groups excluding carboxylic acids is 2. The fraction of sp³-hybridized carbons (Fsp3) is 0.667. The molecule has 0 aromatic rings. The Morgan fingerprint density at radius 2 is 2.08 bits per heavy atom. The number of thioether (sulfide) groups is 1. The summed E-state index contributed by atoms with van der Waals surface area (Å²) in [5.41, 5.74) is 5.79. The van der Waals surface area contributed by atoms with Crippen molar-refractivity contribution in [2.45, 2.75) is 49.6 Å². The van der Waals surface area contributed by atoms with Gasteiger partial charge in [-0.25, -0.2) is 10.2 Å². The minimum absolute atomic E-state index is 0.000998. The van der Waals surface area contributed by atoms with Crippen molar-refractivity contribution in [1.82, 2.24) is 21.1 Å². The smallest absolute Gasteiger partial charge is 0.353 e. The average molecular weight is 352 g/mol. The second-order valence-electron chi connectivity index (χ2n) is 6.84. The zero-order valence-corrected chi connectivity index (χ0v) is 14.1. The summed E-state index contributed by atoms with van der Waals surface area (Å²) < 4.78 is 0. The molecule has 0 spiro atoms. The van der Waals surface area contributed by atoms with Gasteiger partial charge in [0.25, 0.3) is 0 Å². The number of carbonyl (C=O) groups is 3. The van der Waals surface area contributed by atoms with Crippen molar-refractivity contribution in [3.8, 4) is 0 Å². The summed E-state index contributed by atoms with van der Waals surface area (Å²) in [7, 11) is 0. The molecule has 0 bridgehead atoms. The summed E-state index contributed by atoms with van der Waals surface area (Å²) in [5.74, 6) is -1.04. The number of β-lactam (4-membered cyclic amide) rings is 1. The summed E-state index contributed by atoms with van der Waals surface area (Å²) in [6, 6.07) is 0.263. The van der Waals surface area contributed by atoms with Gasteiger partial charge in [0, 0.05) is 41.5 Å². The van der Waals surface area contributed by atoms with E-state index in [0.29, 0.717) is 12.8 Å². The van der Waals surface area contributed by atoms with E-state index in [9.17, 15) is 19.5 Å². The number of amides is 2. The van der Waals surface area contributed by atoms with E-state index in [2.05, 4.69) is 16.2 Å². The van der Waals surface area contributed by atoms with Gasteiger partial charge in [-0.05, 0) is 6.42 Å². The molecule has 130 valence electrons. The molecule has 0 aromatic carbocycles. The topological polar surface area (TPSA) is 111 Å². The maximum Gasteiger partial charge on any atom is 0.353 e. The Bertz CT molecular complexity index is 651. The second kappa shape index (κ2) is 5.75. The molecule has 24 heavy (non-hydrogen) atoms. The van der Waals surface area contributed by atoms with E-state index in [-0.39, 0.29) is 46.8 Å². The van der Waals surface area contributed by atoms with E-state index in [1.807, 2.05) is 6.92 Å². The van der Waals surface area contributed by atoms with Gasteiger partial charge in [-0.15, -0.1) is 11.8 Å². The summed E-state index contributed by atoms with van der Waals surface area (Å²) >= 11 is 1.58. The Hall–Kier alpha value is -1.58. The Morgan fingerprint density at radius 3 is 2.71 bits per heavy atom. The lowest BCUT2D eigenvalue weighted by molar-refractivity contribution is -0.148. The summed E-state index contributed by atoms with van der Waals surface area (Å²) in [4.78, 5) is 37.0. The van der Waals surface area contributed by atoms with Crippen molar-refractivity contribution in [3.63, 3.8) is 0 Å². The van der Waals surface area contributed by atoms with Gasteiger partial charge in [0.1, 0.15) is 5.70 Å². The first-order valence-corrected chi connectivity index (χ1v) is 9.07. The van der Waals surface area contributed by atoms with Crippen LogP contribution >= 0.6 is 11.8 Å². The highest BCUT2D eigenvalue weighted by Gasteiger charge is 2.52. The molecule has 8 nitrogen and oxygen atoms in total. The zero-order valence-electron chi connectivity index (χ0n) is 13.2. The van der Waals surface area contributed by atoms with Crippen molar-refractivity contribution in [2.75, 3.05) is 6.54 Å². The molecule has 3 saturated heterocycles. The number of hydrazine groups is 1. The van der Waals surface area contributed by atoms with Gasteiger partial charge in [-0.1, -0.05) is 6.92 Å². The molecule has 2 amide bonds.